The van der Waals surface area contributed by atoms with Crippen LogP contribution in [0.15, 0.2) is 0 Å². The number of rotatable bonds is 0. The van der Waals surface area contributed by atoms with Gasteiger partial charge >= 0.3 is 0 Å². The highest BCUT2D eigenvalue weighted by Gasteiger charge is 2.33. The molecule has 0 bridgehead atoms. The van der Waals surface area contributed by atoms with E-state index in [1.54, 1.807) is 6.92 Å². The van der Waals surface area contributed by atoms with E-state index in [1.807, 2.05) is 11.8 Å². The predicted octanol–water partition coefficient (Wildman–Crippen LogP) is 0.535. The Labute approximate surface area is 60.6 Å². The largest absolute Gasteiger partial charge is 0.338 e. The molecule has 0 spiro atoms. The maximum absolute atomic E-state index is 10.7. The molecule has 0 aromatic carbocycles. The van der Waals surface area contributed by atoms with Crippen molar-refractivity contribution in [2.24, 2.45) is 0 Å². The van der Waals surface area contributed by atoms with Crippen molar-refractivity contribution < 1.29 is 4.79 Å². The number of nitrogens with zero attached hydrogens (tertiary/aromatic N) is 1. The number of hydrogen-bond acceptors (Lipinski definition) is 2. The fraction of sp³-hybridized carbons (Fsp3) is 0.833. The average Bonchev–Trinajstić information content (AvgIpc) is 1.81. The standard InChI is InChI=1S/C6H11NOS/c1-4-6(9)3-7(4)5(2)8/h4,6,9H,3H2,1-2H3. The normalized spacial score (nSPS) is 33.9. The molecule has 0 radical (unpaired) electrons. The van der Waals surface area contributed by atoms with Crippen molar-refractivity contribution in [2.45, 2.75) is 25.1 Å². The first-order chi connectivity index (χ1) is 4.13. The highest BCUT2D eigenvalue weighted by Crippen LogP contribution is 2.21. The lowest BCUT2D eigenvalue weighted by atomic mass is 10.1. The number of thiol groups is 1. The van der Waals surface area contributed by atoms with Crippen molar-refractivity contribution >= 4 is 18.5 Å². The topological polar surface area (TPSA) is 20.3 Å². The molecule has 3 heteroatoms. The van der Waals surface area contributed by atoms with Crippen LogP contribution in [0.3, 0.4) is 0 Å². The SMILES string of the molecule is CC(=O)N1CC(S)C1C. The fourth-order valence-corrected chi connectivity index (χ4v) is 1.34. The minimum Gasteiger partial charge on any atom is -0.338 e. The highest BCUT2D eigenvalue weighted by atomic mass is 32.1. The van der Waals surface area contributed by atoms with Gasteiger partial charge in [0, 0.05) is 24.8 Å². The Hall–Kier alpha value is -0.180. The summed E-state index contributed by atoms with van der Waals surface area (Å²) in [5.41, 5.74) is 0. The number of carbonyl (C=O) groups is 1. The Morgan fingerprint density at radius 1 is 1.78 bits per heavy atom. The van der Waals surface area contributed by atoms with Crippen molar-refractivity contribution in [3.8, 4) is 0 Å². The van der Waals surface area contributed by atoms with E-state index in [0.717, 1.165) is 6.54 Å². The maximum Gasteiger partial charge on any atom is 0.219 e. The summed E-state index contributed by atoms with van der Waals surface area (Å²) in [6.07, 6.45) is 0. The quantitative estimate of drug-likeness (QED) is 0.493. The third-order valence-corrected chi connectivity index (χ3v) is 2.43. The molecule has 0 aromatic heterocycles. The molecule has 1 aliphatic rings. The van der Waals surface area contributed by atoms with E-state index in [9.17, 15) is 4.79 Å². The van der Waals surface area contributed by atoms with Crippen LogP contribution < -0.4 is 0 Å². The van der Waals surface area contributed by atoms with E-state index < -0.39 is 0 Å². The zero-order chi connectivity index (χ0) is 7.02. The maximum atomic E-state index is 10.7. The van der Waals surface area contributed by atoms with E-state index in [4.69, 9.17) is 0 Å². The van der Waals surface area contributed by atoms with Gasteiger partial charge in [-0.3, -0.25) is 4.79 Å². The van der Waals surface area contributed by atoms with Crippen LogP contribution in [0.1, 0.15) is 13.8 Å². The van der Waals surface area contributed by atoms with Gasteiger partial charge in [0.25, 0.3) is 0 Å². The molecule has 2 unspecified atom stereocenters. The van der Waals surface area contributed by atoms with Gasteiger partial charge in [-0.15, -0.1) is 0 Å². The predicted molar refractivity (Wildman–Crippen MR) is 39.6 cm³/mol. The first kappa shape index (κ1) is 6.93. The van der Waals surface area contributed by atoms with E-state index in [1.165, 1.54) is 0 Å². The zero-order valence-electron chi connectivity index (χ0n) is 5.66. The van der Waals surface area contributed by atoms with Crippen molar-refractivity contribution in [1.82, 2.24) is 4.90 Å². The zero-order valence-corrected chi connectivity index (χ0v) is 6.56. The summed E-state index contributed by atoms with van der Waals surface area (Å²) in [4.78, 5) is 12.5. The average molecular weight is 145 g/mol. The van der Waals surface area contributed by atoms with Gasteiger partial charge in [0.2, 0.25) is 5.91 Å². The minimum atomic E-state index is 0.160. The van der Waals surface area contributed by atoms with Crippen LogP contribution in [0.5, 0.6) is 0 Å². The molecule has 1 fully saturated rings. The number of amides is 1. The summed E-state index contributed by atoms with van der Waals surface area (Å²) in [5.74, 6) is 0.160. The van der Waals surface area contributed by atoms with E-state index >= 15 is 0 Å². The molecule has 1 rings (SSSR count). The lowest BCUT2D eigenvalue weighted by Crippen LogP contribution is -2.57. The van der Waals surface area contributed by atoms with Crippen LogP contribution in [-0.4, -0.2) is 28.6 Å². The molecule has 0 aliphatic carbocycles. The smallest absolute Gasteiger partial charge is 0.219 e. The number of likely N-dealkylation sites (tertiary alicyclic amines) is 1. The van der Waals surface area contributed by atoms with E-state index in [0.29, 0.717) is 11.3 Å². The van der Waals surface area contributed by atoms with Crippen molar-refractivity contribution in [3.63, 3.8) is 0 Å². The Bertz CT molecular complexity index is 137. The second kappa shape index (κ2) is 2.21. The van der Waals surface area contributed by atoms with Crippen LogP contribution in [0.4, 0.5) is 0 Å². The monoisotopic (exact) mass is 145 g/mol. The molecule has 1 saturated heterocycles. The molecule has 2 atom stereocenters. The molecule has 9 heavy (non-hydrogen) atoms. The fourth-order valence-electron chi connectivity index (χ4n) is 1.01. The van der Waals surface area contributed by atoms with Gasteiger partial charge in [-0.05, 0) is 6.92 Å². The molecule has 52 valence electrons. The summed E-state index contributed by atoms with van der Waals surface area (Å²) >= 11 is 4.24. The van der Waals surface area contributed by atoms with Gasteiger partial charge in [-0.2, -0.15) is 12.6 Å². The number of carbonyl (C=O) groups excluding carboxylic acids is 1. The van der Waals surface area contributed by atoms with Gasteiger partial charge < -0.3 is 4.90 Å². The lowest BCUT2D eigenvalue weighted by Gasteiger charge is -2.43. The lowest BCUT2D eigenvalue weighted by molar-refractivity contribution is -0.135. The second-order valence-electron chi connectivity index (χ2n) is 2.48. The molecule has 0 N–H and O–H groups in total. The third-order valence-electron chi connectivity index (χ3n) is 1.84. The van der Waals surface area contributed by atoms with E-state index in [-0.39, 0.29) is 5.91 Å². The molecule has 0 saturated carbocycles. The first-order valence-corrected chi connectivity index (χ1v) is 3.60. The van der Waals surface area contributed by atoms with Gasteiger partial charge in [-0.1, -0.05) is 0 Å². The molecule has 1 amide bonds. The summed E-state index contributed by atoms with van der Waals surface area (Å²) < 4.78 is 0. The molecule has 2 nitrogen and oxygen atoms in total. The number of hydrogen-bond donors (Lipinski definition) is 1. The minimum absolute atomic E-state index is 0.160. The Morgan fingerprint density at radius 3 is 2.44 bits per heavy atom. The van der Waals surface area contributed by atoms with Crippen LogP contribution in [0.2, 0.25) is 0 Å². The summed E-state index contributed by atoms with van der Waals surface area (Å²) in [6.45, 7) is 4.43. The van der Waals surface area contributed by atoms with Crippen molar-refractivity contribution in [3.05, 3.63) is 0 Å². The summed E-state index contributed by atoms with van der Waals surface area (Å²) in [7, 11) is 0. The first-order valence-electron chi connectivity index (χ1n) is 3.08. The molecule has 1 aliphatic heterocycles. The van der Waals surface area contributed by atoms with Gasteiger partial charge in [0.05, 0.1) is 0 Å². The van der Waals surface area contributed by atoms with Crippen molar-refractivity contribution in [2.75, 3.05) is 6.54 Å². The summed E-state index contributed by atoms with van der Waals surface area (Å²) in [6, 6.07) is 0.339. The van der Waals surface area contributed by atoms with E-state index in [2.05, 4.69) is 12.6 Å². The highest BCUT2D eigenvalue weighted by molar-refractivity contribution is 7.81. The van der Waals surface area contributed by atoms with Gasteiger partial charge in [0.15, 0.2) is 0 Å². The Kier molecular flexibility index (Phi) is 1.70. The van der Waals surface area contributed by atoms with Crippen LogP contribution in [0.25, 0.3) is 0 Å². The third kappa shape index (κ3) is 1.06. The second-order valence-corrected chi connectivity index (χ2v) is 3.14. The Balaban J connectivity index is 2.42. The van der Waals surface area contributed by atoms with Gasteiger partial charge in [-0.25, -0.2) is 0 Å². The summed E-state index contributed by atoms with van der Waals surface area (Å²) in [5, 5.41) is 0.397. The van der Waals surface area contributed by atoms with Crippen LogP contribution in [-0.2, 0) is 4.79 Å². The molecular formula is C6H11NOS. The molecule has 1 heterocycles. The van der Waals surface area contributed by atoms with Gasteiger partial charge in [0.1, 0.15) is 0 Å². The van der Waals surface area contributed by atoms with Crippen molar-refractivity contribution in [1.29, 1.82) is 0 Å². The van der Waals surface area contributed by atoms with Crippen LogP contribution >= 0.6 is 12.6 Å². The van der Waals surface area contributed by atoms with Crippen LogP contribution in [0, 0.1) is 0 Å². The Morgan fingerprint density at radius 2 is 2.33 bits per heavy atom. The molecule has 0 aromatic rings. The molecular weight excluding hydrogens is 134 g/mol.